The molecule has 0 unspecified atom stereocenters. The predicted octanol–water partition coefficient (Wildman–Crippen LogP) is 4.00. The smallest absolute Gasteiger partial charge is 0.227 e. The van der Waals surface area contributed by atoms with Crippen LogP contribution in [0.4, 0.5) is 52.1 Å². The molecule has 34 heavy (non-hydrogen) atoms. The maximum atomic E-state index is 12.4. The summed E-state index contributed by atoms with van der Waals surface area (Å²) in [5.41, 5.74) is -5.50. The minimum Gasteiger partial charge on any atom is -0.365 e. The molecule has 4 rings (SSSR count). The van der Waals surface area contributed by atoms with E-state index in [4.69, 9.17) is 0 Å². The molecule has 0 saturated carbocycles. The van der Waals surface area contributed by atoms with Gasteiger partial charge in [-0.3, -0.25) is 9.59 Å². The van der Waals surface area contributed by atoms with E-state index in [0.717, 1.165) is 39.3 Å². The number of carbonyl (C=O) groups excluding carboxylic acids is 2. The molecule has 0 spiro atoms. The third-order valence-corrected chi connectivity index (χ3v) is 6.01. The van der Waals surface area contributed by atoms with Gasteiger partial charge in [-0.05, 0) is 0 Å². The predicted molar refractivity (Wildman–Crippen MR) is 92.4 cm³/mol. The second kappa shape index (κ2) is 7.92. The van der Waals surface area contributed by atoms with Crippen molar-refractivity contribution in [1.82, 2.24) is 14.7 Å². The van der Waals surface area contributed by atoms with E-state index in [9.17, 15) is 61.7 Å². The first-order valence-electron chi connectivity index (χ1n) is 9.32. The van der Waals surface area contributed by atoms with Gasteiger partial charge in [0.05, 0.1) is 5.70 Å². The zero-order chi connectivity index (χ0) is 26.1. The topological polar surface area (TPSA) is 43.2 Å². The first-order valence-corrected chi connectivity index (χ1v) is 11.0. The molecule has 3 saturated heterocycles. The number of halogens is 12. The Morgan fingerprint density at radius 3 is 1.41 bits per heavy atom. The molecule has 1 aliphatic carbocycles. The van der Waals surface area contributed by atoms with Crippen LogP contribution in [0.3, 0.4) is 0 Å². The largest absolute Gasteiger partial charge is 0.365 e. The molecule has 194 valence electrons. The van der Waals surface area contributed by atoms with Crippen molar-refractivity contribution >= 4 is 19.8 Å². The van der Waals surface area contributed by atoms with E-state index in [1.54, 1.807) is 0 Å². The Morgan fingerprint density at radius 2 is 1.06 bits per heavy atom. The van der Waals surface area contributed by atoms with Gasteiger partial charge in [-0.1, -0.05) is 0 Å². The molecule has 0 radical (unpaired) electrons. The van der Waals surface area contributed by atoms with Crippen LogP contribution in [0.25, 0.3) is 0 Å². The second-order valence-electron chi connectivity index (χ2n) is 7.60. The average molecular weight is 539 g/mol. The molecule has 0 amide bonds. The van der Waals surface area contributed by atoms with Crippen molar-refractivity contribution in [3.8, 4) is 0 Å². The van der Waals surface area contributed by atoms with Crippen molar-refractivity contribution in [2.75, 3.05) is 39.3 Å². The molecule has 5 nitrogen and oxygen atoms in total. The molecule has 18 heteroatoms. The van der Waals surface area contributed by atoms with E-state index in [-0.39, 0.29) is 11.6 Å². The second-order valence-corrected chi connectivity index (χ2v) is 9.22. The van der Waals surface area contributed by atoms with Gasteiger partial charge in [0.1, 0.15) is 11.4 Å². The monoisotopic (exact) mass is 539 g/mol. The van der Waals surface area contributed by atoms with Gasteiger partial charge in [0.15, 0.2) is 0 Å². The summed E-state index contributed by atoms with van der Waals surface area (Å²) < 4.78 is 140. The summed E-state index contributed by atoms with van der Waals surface area (Å²) in [6.45, 7) is 5.41. The van der Waals surface area contributed by atoms with Crippen LogP contribution in [0.5, 0.6) is 0 Å². The number of alkyl halides is 9. The van der Waals surface area contributed by atoms with E-state index >= 15 is 0 Å². The molecule has 0 atom stereocenters. The van der Waals surface area contributed by atoms with Crippen molar-refractivity contribution in [3.63, 3.8) is 0 Å². The van der Waals surface area contributed by atoms with Crippen molar-refractivity contribution in [1.29, 1.82) is 0 Å². The minimum atomic E-state index is -8.77. The maximum absolute atomic E-state index is 12.4. The number of hydrogen-bond donors (Lipinski definition) is 0. The molecule has 0 N–H and O–H groups in total. The summed E-state index contributed by atoms with van der Waals surface area (Å²) in [5.74, 6) is -15.0. The molecule has 0 bridgehead atoms. The van der Waals surface area contributed by atoms with Gasteiger partial charge in [-0.2, -0.15) is 0 Å². The third-order valence-electron chi connectivity index (χ3n) is 4.99. The van der Waals surface area contributed by atoms with E-state index in [1.165, 1.54) is 6.08 Å². The fraction of sp³-hybridized carbons (Fsp3) is 0.625. The number of allylic oxidation sites excluding steroid dienone is 1. The van der Waals surface area contributed by atoms with Gasteiger partial charge in [-0.25, -0.2) is 0 Å². The SMILES string of the molecule is FC(F)(F)C(F)(F)C(F)(F)C(F)(F)[PH](F)(F)F.O=C1C=C(N2CC2)C(=O)C(N2CC2)=C1N1CC1. The van der Waals surface area contributed by atoms with Crippen LogP contribution in [0.15, 0.2) is 23.2 Å². The summed E-state index contributed by atoms with van der Waals surface area (Å²) >= 11 is 0. The van der Waals surface area contributed by atoms with Crippen LogP contribution in [0.1, 0.15) is 0 Å². The number of hydrogen-bond acceptors (Lipinski definition) is 5. The Balaban J connectivity index is 0.000000191. The Hall–Kier alpha value is -2.19. The molecule has 0 aromatic rings. The number of rotatable bonds is 6. The van der Waals surface area contributed by atoms with E-state index in [0.29, 0.717) is 17.1 Å². The first kappa shape index (κ1) is 26.4. The van der Waals surface area contributed by atoms with Crippen molar-refractivity contribution in [2.45, 2.75) is 23.7 Å². The van der Waals surface area contributed by atoms with Crippen LogP contribution in [0.2, 0.25) is 0 Å². The summed E-state index contributed by atoms with van der Waals surface area (Å²) in [6.07, 6.45) is -5.71. The van der Waals surface area contributed by atoms with Crippen LogP contribution in [0, 0.1) is 0 Å². The zero-order valence-electron chi connectivity index (χ0n) is 16.5. The molecular weight excluding hydrogens is 525 g/mol. The van der Waals surface area contributed by atoms with Crippen molar-refractivity contribution in [2.24, 2.45) is 0 Å². The van der Waals surface area contributed by atoms with Gasteiger partial charge in [0.2, 0.25) is 11.6 Å². The fourth-order valence-electron chi connectivity index (χ4n) is 2.83. The normalized spacial score (nSPS) is 21.9. The van der Waals surface area contributed by atoms with Crippen LogP contribution in [-0.2, 0) is 9.59 Å². The number of carbonyl (C=O) groups is 2. The fourth-order valence-corrected chi connectivity index (χ4v) is 3.34. The molecule has 3 heterocycles. The molecule has 4 aliphatic rings. The van der Waals surface area contributed by atoms with E-state index in [1.807, 2.05) is 14.7 Å². The van der Waals surface area contributed by atoms with Gasteiger partial charge in [-0.15, -0.1) is 0 Å². The van der Waals surface area contributed by atoms with Crippen LogP contribution < -0.4 is 0 Å². The van der Waals surface area contributed by atoms with E-state index < -0.39 is 31.9 Å². The Morgan fingerprint density at radius 1 is 0.647 bits per heavy atom. The number of ketones is 2. The summed E-state index contributed by atoms with van der Waals surface area (Å²) in [4.78, 5) is 30.5. The molecule has 3 aliphatic heterocycles. The summed E-state index contributed by atoms with van der Waals surface area (Å²) in [7, 11) is -8.77. The van der Waals surface area contributed by atoms with Crippen LogP contribution >= 0.6 is 8.19 Å². The zero-order valence-corrected chi connectivity index (χ0v) is 17.5. The molecular formula is C16H14F12N3O2P. The Bertz CT molecular complexity index is 916. The number of Topliss-reactive ketones (excluding diaryl/α,β-unsaturated/α-hetero) is 1. The molecule has 0 aromatic heterocycles. The van der Waals surface area contributed by atoms with Crippen LogP contribution in [-0.4, -0.2) is 89.2 Å². The first-order chi connectivity index (χ1) is 15.3. The number of nitrogens with zero attached hydrogens (tertiary/aromatic N) is 3. The van der Waals surface area contributed by atoms with Gasteiger partial charge in [0, 0.05) is 45.3 Å². The molecule has 0 aromatic carbocycles. The minimum absolute atomic E-state index is 0.00546. The van der Waals surface area contributed by atoms with Gasteiger partial charge >= 0.3 is 84.0 Å². The molecule has 3 fully saturated rings. The van der Waals surface area contributed by atoms with Gasteiger partial charge in [0.25, 0.3) is 0 Å². The Kier molecular flexibility index (Phi) is 6.15. The van der Waals surface area contributed by atoms with Crippen molar-refractivity contribution < 1.29 is 61.7 Å². The third kappa shape index (κ3) is 4.42. The quantitative estimate of drug-likeness (QED) is 0.221. The van der Waals surface area contributed by atoms with E-state index in [2.05, 4.69) is 0 Å². The van der Waals surface area contributed by atoms with Gasteiger partial charge < -0.3 is 14.7 Å². The Labute approximate surface area is 183 Å². The summed E-state index contributed by atoms with van der Waals surface area (Å²) in [5, 5.41) is 0. The maximum Gasteiger partial charge on any atom is 0.227 e. The average Bonchev–Trinajstić information content (AvgIpc) is 3.53. The standard InChI is InChI=1S/C12H13N3O2.C4HF12P/c16-9-7-8(13-1-2-13)12(17)11(15-5-6-15)10(9)14-3-4-14;5-1(6,3(9,10)11)2(7,8)4(12,13)17(14,15)16/h7H,1-6H2;17H. The summed E-state index contributed by atoms with van der Waals surface area (Å²) in [6, 6.07) is 0. The van der Waals surface area contributed by atoms with Crippen molar-refractivity contribution in [3.05, 3.63) is 23.2 Å².